The van der Waals surface area contributed by atoms with E-state index in [-0.39, 0.29) is 0 Å². The lowest BCUT2D eigenvalue weighted by atomic mass is 10.3. The molecule has 1 nitrogen and oxygen atoms in total. The third-order valence-corrected chi connectivity index (χ3v) is 2.36. The Bertz CT molecular complexity index is 394. The van der Waals surface area contributed by atoms with E-state index in [0.29, 0.717) is 0 Å². The van der Waals surface area contributed by atoms with Crippen LogP contribution in [0.25, 0.3) is 0 Å². The van der Waals surface area contributed by atoms with Gasteiger partial charge in [0.25, 0.3) is 0 Å². The molecule has 0 saturated heterocycles. The van der Waals surface area contributed by atoms with Gasteiger partial charge >= 0.3 is 0 Å². The SMILES string of the molecule is Brc1ccc(Nc2[c]cccc2)cc1. The second-order valence-electron chi connectivity index (χ2n) is 2.91. The Balaban J connectivity index is 2.16. The van der Waals surface area contributed by atoms with Gasteiger partial charge in [0.15, 0.2) is 0 Å². The highest BCUT2D eigenvalue weighted by molar-refractivity contribution is 9.10. The third-order valence-electron chi connectivity index (χ3n) is 1.83. The lowest BCUT2D eigenvalue weighted by Crippen LogP contribution is -1.88. The second-order valence-corrected chi connectivity index (χ2v) is 3.82. The lowest BCUT2D eigenvalue weighted by molar-refractivity contribution is 1.53. The van der Waals surface area contributed by atoms with Crippen molar-refractivity contribution in [1.82, 2.24) is 0 Å². The highest BCUT2D eigenvalue weighted by atomic mass is 79.9. The predicted octanol–water partition coefficient (Wildman–Crippen LogP) is 3.99. The zero-order chi connectivity index (χ0) is 9.80. The van der Waals surface area contributed by atoms with Gasteiger partial charge in [-0.05, 0) is 30.3 Å². The first-order chi connectivity index (χ1) is 6.84. The molecule has 2 rings (SSSR count). The minimum atomic E-state index is 0.981. The maximum absolute atomic E-state index is 3.40. The Labute approximate surface area is 91.9 Å². The molecule has 0 aromatic heterocycles. The van der Waals surface area contributed by atoms with Crippen molar-refractivity contribution in [3.8, 4) is 0 Å². The second kappa shape index (κ2) is 4.29. The van der Waals surface area contributed by atoms with Gasteiger partial charge in [0.05, 0.1) is 0 Å². The topological polar surface area (TPSA) is 12.0 Å². The van der Waals surface area contributed by atoms with Crippen LogP contribution in [0.4, 0.5) is 11.4 Å². The largest absolute Gasteiger partial charge is 0.355 e. The summed E-state index contributed by atoms with van der Waals surface area (Å²) in [7, 11) is 0. The lowest BCUT2D eigenvalue weighted by Gasteiger charge is -2.04. The molecular formula is C12H9BrN. The summed E-state index contributed by atoms with van der Waals surface area (Å²) < 4.78 is 1.08. The van der Waals surface area contributed by atoms with Crippen LogP contribution in [0.1, 0.15) is 0 Å². The number of rotatable bonds is 2. The quantitative estimate of drug-likeness (QED) is 0.845. The molecule has 1 N–H and O–H groups in total. The molecule has 0 spiro atoms. The predicted molar refractivity (Wildman–Crippen MR) is 62.7 cm³/mol. The number of para-hydroxylation sites is 1. The molecule has 0 bridgehead atoms. The van der Waals surface area contributed by atoms with Gasteiger partial charge in [0.2, 0.25) is 0 Å². The van der Waals surface area contributed by atoms with Crippen molar-refractivity contribution >= 4 is 27.3 Å². The maximum atomic E-state index is 3.40. The van der Waals surface area contributed by atoms with E-state index in [4.69, 9.17) is 0 Å². The molecule has 0 heterocycles. The van der Waals surface area contributed by atoms with Crippen molar-refractivity contribution in [3.63, 3.8) is 0 Å². The van der Waals surface area contributed by atoms with Crippen LogP contribution in [0.2, 0.25) is 0 Å². The highest BCUT2D eigenvalue weighted by Gasteiger charge is 1.92. The van der Waals surface area contributed by atoms with Crippen LogP contribution in [-0.4, -0.2) is 0 Å². The monoisotopic (exact) mass is 246 g/mol. The molecule has 0 atom stereocenters. The first kappa shape index (κ1) is 9.28. The van der Waals surface area contributed by atoms with Gasteiger partial charge in [-0.25, -0.2) is 0 Å². The molecule has 2 aromatic carbocycles. The molecule has 0 aliphatic rings. The fourth-order valence-corrected chi connectivity index (χ4v) is 1.42. The van der Waals surface area contributed by atoms with Crippen LogP contribution in [0.3, 0.4) is 0 Å². The van der Waals surface area contributed by atoms with Gasteiger partial charge in [-0.2, -0.15) is 0 Å². The van der Waals surface area contributed by atoms with E-state index < -0.39 is 0 Å². The van der Waals surface area contributed by atoms with Crippen molar-refractivity contribution in [2.45, 2.75) is 0 Å². The van der Waals surface area contributed by atoms with E-state index in [2.05, 4.69) is 27.3 Å². The molecular weight excluding hydrogens is 238 g/mol. The molecule has 0 fully saturated rings. The number of hydrogen-bond donors (Lipinski definition) is 1. The summed E-state index contributed by atoms with van der Waals surface area (Å²) in [4.78, 5) is 0. The summed E-state index contributed by atoms with van der Waals surface area (Å²) in [6.07, 6.45) is 0. The van der Waals surface area contributed by atoms with Crippen LogP contribution >= 0.6 is 15.9 Å². The Kier molecular flexibility index (Phi) is 2.84. The van der Waals surface area contributed by atoms with Gasteiger partial charge in [-0.3, -0.25) is 0 Å². The van der Waals surface area contributed by atoms with Gasteiger partial charge in [0, 0.05) is 21.9 Å². The van der Waals surface area contributed by atoms with Crippen molar-refractivity contribution in [1.29, 1.82) is 0 Å². The van der Waals surface area contributed by atoms with E-state index in [1.165, 1.54) is 0 Å². The van der Waals surface area contributed by atoms with Crippen LogP contribution in [0.5, 0.6) is 0 Å². The van der Waals surface area contributed by atoms with E-state index in [1.807, 2.05) is 48.5 Å². The number of halogens is 1. The molecule has 0 aliphatic heterocycles. The average molecular weight is 247 g/mol. The smallest absolute Gasteiger partial charge is 0.0464 e. The van der Waals surface area contributed by atoms with Gasteiger partial charge in [-0.1, -0.05) is 34.1 Å². The molecule has 0 saturated carbocycles. The zero-order valence-electron chi connectivity index (χ0n) is 7.50. The van der Waals surface area contributed by atoms with Gasteiger partial charge in [0.1, 0.15) is 0 Å². The molecule has 0 amide bonds. The normalized spacial score (nSPS) is 9.79. The fourth-order valence-electron chi connectivity index (χ4n) is 1.16. The van der Waals surface area contributed by atoms with Crippen LogP contribution in [0.15, 0.2) is 53.0 Å². The Morgan fingerprint density at radius 1 is 1.00 bits per heavy atom. The first-order valence-electron chi connectivity index (χ1n) is 4.34. The minimum Gasteiger partial charge on any atom is -0.355 e. The van der Waals surface area contributed by atoms with Crippen molar-refractivity contribution in [2.24, 2.45) is 0 Å². The van der Waals surface area contributed by atoms with Crippen molar-refractivity contribution < 1.29 is 0 Å². The van der Waals surface area contributed by atoms with Crippen molar-refractivity contribution in [3.05, 3.63) is 59.1 Å². The summed E-state index contributed by atoms with van der Waals surface area (Å²) in [6, 6.07) is 19.0. The van der Waals surface area contributed by atoms with Crippen LogP contribution in [0, 0.1) is 6.07 Å². The number of benzene rings is 2. The van der Waals surface area contributed by atoms with Crippen LogP contribution in [-0.2, 0) is 0 Å². The first-order valence-corrected chi connectivity index (χ1v) is 5.13. The Hall–Kier alpha value is -1.28. The summed E-state index contributed by atoms with van der Waals surface area (Å²) in [5.41, 5.74) is 2.05. The molecule has 2 aromatic rings. The Morgan fingerprint density at radius 3 is 2.43 bits per heavy atom. The van der Waals surface area contributed by atoms with Crippen molar-refractivity contribution in [2.75, 3.05) is 5.32 Å². The molecule has 14 heavy (non-hydrogen) atoms. The number of nitrogens with one attached hydrogen (secondary N) is 1. The molecule has 2 heteroatoms. The summed E-state index contributed by atoms with van der Waals surface area (Å²) in [5.74, 6) is 0. The fraction of sp³-hybridized carbons (Fsp3) is 0. The zero-order valence-corrected chi connectivity index (χ0v) is 9.08. The standard InChI is InChI=1S/C12H9BrN/c13-10-6-8-12(9-7-10)14-11-4-2-1-3-5-11/h1-4,6-9,14H. The summed E-state index contributed by atoms with van der Waals surface area (Å²) >= 11 is 3.40. The van der Waals surface area contributed by atoms with E-state index in [0.717, 1.165) is 15.8 Å². The Morgan fingerprint density at radius 2 is 1.79 bits per heavy atom. The molecule has 69 valence electrons. The van der Waals surface area contributed by atoms with Crippen LogP contribution < -0.4 is 5.32 Å². The highest BCUT2D eigenvalue weighted by Crippen LogP contribution is 2.18. The molecule has 0 aliphatic carbocycles. The van der Waals surface area contributed by atoms with Gasteiger partial charge < -0.3 is 5.32 Å². The summed E-state index contributed by atoms with van der Waals surface area (Å²) in [5, 5.41) is 3.25. The van der Waals surface area contributed by atoms with E-state index in [9.17, 15) is 0 Å². The number of anilines is 2. The van der Waals surface area contributed by atoms with E-state index in [1.54, 1.807) is 0 Å². The third kappa shape index (κ3) is 2.36. The molecule has 0 unspecified atom stereocenters. The number of hydrogen-bond acceptors (Lipinski definition) is 1. The average Bonchev–Trinajstić information content (AvgIpc) is 2.23. The maximum Gasteiger partial charge on any atom is 0.0464 e. The summed E-state index contributed by atoms with van der Waals surface area (Å²) in [6.45, 7) is 0. The van der Waals surface area contributed by atoms with E-state index >= 15 is 0 Å². The molecule has 1 radical (unpaired) electrons. The van der Waals surface area contributed by atoms with Gasteiger partial charge in [-0.15, -0.1) is 0 Å². The minimum absolute atomic E-state index is 0.981.